The Morgan fingerprint density at radius 1 is 1.02 bits per heavy atom. The van der Waals surface area contributed by atoms with E-state index in [0.29, 0.717) is 4.90 Å². The zero-order chi connectivity index (χ0) is 35.5. The van der Waals surface area contributed by atoms with Crippen LogP contribution < -0.4 is 10.6 Å². The van der Waals surface area contributed by atoms with Crippen LogP contribution >= 0.6 is 0 Å². The number of fused-ring (bicyclic) bond motifs is 1. The smallest absolute Gasteiger partial charge is 0.356 e. The number of aldehydes is 1. The van der Waals surface area contributed by atoms with Crippen LogP contribution in [0.2, 0.25) is 0 Å². The van der Waals surface area contributed by atoms with Gasteiger partial charge in [-0.15, -0.1) is 0 Å². The van der Waals surface area contributed by atoms with Crippen molar-refractivity contribution in [3.63, 3.8) is 0 Å². The fourth-order valence-electron chi connectivity index (χ4n) is 5.03. The second-order valence-corrected chi connectivity index (χ2v) is 10.8. The van der Waals surface area contributed by atoms with E-state index in [4.69, 9.17) is 0 Å². The maximum Gasteiger partial charge on any atom is 0.356 e. The van der Waals surface area contributed by atoms with Crippen LogP contribution in [0.5, 0.6) is 0 Å². The van der Waals surface area contributed by atoms with Crippen molar-refractivity contribution in [2.75, 3.05) is 12.4 Å². The first-order valence-corrected chi connectivity index (χ1v) is 13.2. The van der Waals surface area contributed by atoms with E-state index in [1.807, 2.05) is 5.32 Å². The number of rotatable bonds is 10. The van der Waals surface area contributed by atoms with Gasteiger partial charge in [0.1, 0.15) is 5.82 Å². The molecule has 2 aliphatic heterocycles. The molecule has 2 aliphatic rings. The van der Waals surface area contributed by atoms with Gasteiger partial charge >= 0.3 is 23.8 Å². The molecule has 2 aromatic carbocycles. The van der Waals surface area contributed by atoms with E-state index < -0.39 is 83.3 Å². The van der Waals surface area contributed by atoms with Gasteiger partial charge in [0.25, 0.3) is 17.5 Å². The number of likely N-dealkylation sites (N-methyl/N-ethyl adjacent to an activating group) is 1. The lowest BCUT2D eigenvalue weighted by atomic mass is 9.96. The maximum absolute atomic E-state index is 15.1. The summed E-state index contributed by atoms with van der Waals surface area (Å²) in [5.74, 6) is -27.6. The number of nitrogens with one attached hydrogen (secondary N) is 2. The molecule has 4 rings (SSSR count). The van der Waals surface area contributed by atoms with Crippen LogP contribution in [0.1, 0.15) is 27.0 Å². The molecule has 0 saturated carbocycles. The van der Waals surface area contributed by atoms with Crippen LogP contribution in [0.15, 0.2) is 36.4 Å². The second-order valence-electron chi connectivity index (χ2n) is 10.8. The minimum atomic E-state index is -4.19. The molecule has 0 bridgehead atoms. The normalized spacial score (nSPS) is 20.8. The third-order valence-corrected chi connectivity index (χ3v) is 7.73. The quantitative estimate of drug-likeness (QED) is 0.0822. The SMILES string of the molecule is CNC(=O)C(N1Cc2c(NCc3ccc(CN4C(O)(O)C(O)(O)OC(O)(O)C4(O)O)cc3F)cccc2C1=O)C(O)(O)C(O)(O)C=O. The maximum atomic E-state index is 15.1. The summed E-state index contributed by atoms with van der Waals surface area (Å²) in [5, 5.41) is 125. The highest BCUT2D eigenvalue weighted by Gasteiger charge is 2.74. The lowest BCUT2D eigenvalue weighted by Crippen LogP contribution is -2.83. The number of amides is 2. The largest absolute Gasteiger partial charge is 0.381 e. The zero-order valence-electron chi connectivity index (χ0n) is 24.0. The molecule has 0 spiro atoms. The third-order valence-electron chi connectivity index (χ3n) is 7.73. The van der Waals surface area contributed by atoms with Gasteiger partial charge in [-0.1, -0.05) is 18.2 Å². The summed E-state index contributed by atoms with van der Waals surface area (Å²) in [7, 11) is 1.05. The molecule has 1 unspecified atom stereocenters. The van der Waals surface area contributed by atoms with E-state index in [1.54, 1.807) is 0 Å². The van der Waals surface area contributed by atoms with Crippen molar-refractivity contribution in [1.29, 1.82) is 0 Å². The summed E-state index contributed by atoms with van der Waals surface area (Å²) in [4.78, 5) is 37.1. The summed E-state index contributed by atoms with van der Waals surface area (Å²) in [6.45, 7) is -2.00. The number of nitrogens with zero attached hydrogens (tertiary/aromatic N) is 2. The van der Waals surface area contributed by atoms with Gasteiger partial charge in [-0.2, -0.15) is 4.90 Å². The zero-order valence-corrected chi connectivity index (χ0v) is 24.0. The Bertz CT molecular complexity index is 1550. The fourth-order valence-corrected chi connectivity index (χ4v) is 5.03. The number of morpholine rings is 1. The van der Waals surface area contributed by atoms with Gasteiger partial charge in [0, 0.05) is 49.1 Å². The average molecular weight is 675 g/mol. The van der Waals surface area contributed by atoms with E-state index in [1.165, 1.54) is 18.2 Å². The number of carbonyl (C=O) groups is 3. The lowest BCUT2D eigenvalue weighted by molar-refractivity contribution is -0.659. The molecular formula is C26H31FN4O16. The Labute approximate surface area is 261 Å². The minimum Gasteiger partial charge on any atom is -0.381 e. The lowest BCUT2D eigenvalue weighted by Gasteiger charge is -2.55. The van der Waals surface area contributed by atoms with Crippen molar-refractivity contribution in [2.24, 2.45) is 0 Å². The summed E-state index contributed by atoms with van der Waals surface area (Å²) in [6, 6.07) is 4.68. The Morgan fingerprint density at radius 3 is 2.15 bits per heavy atom. The molecule has 1 atom stereocenters. The highest BCUT2D eigenvalue weighted by molar-refractivity contribution is 6.03. The van der Waals surface area contributed by atoms with Crippen LogP contribution in [0.3, 0.4) is 0 Å². The molecule has 47 heavy (non-hydrogen) atoms. The van der Waals surface area contributed by atoms with Gasteiger partial charge in [-0.3, -0.25) is 19.1 Å². The molecule has 20 nitrogen and oxygen atoms in total. The Kier molecular flexibility index (Phi) is 9.00. The van der Waals surface area contributed by atoms with Crippen LogP contribution in [-0.4, -0.2) is 138 Å². The van der Waals surface area contributed by atoms with Crippen molar-refractivity contribution in [3.8, 4) is 0 Å². The predicted octanol–water partition coefficient (Wildman–Crippen LogP) is -6.55. The molecule has 2 amide bonds. The number of benzene rings is 2. The molecule has 2 heterocycles. The Morgan fingerprint density at radius 2 is 1.62 bits per heavy atom. The number of anilines is 1. The van der Waals surface area contributed by atoms with Crippen LogP contribution in [0.4, 0.5) is 10.1 Å². The van der Waals surface area contributed by atoms with Crippen LogP contribution in [0, 0.1) is 5.82 Å². The number of ether oxygens (including phenoxy) is 1. The van der Waals surface area contributed by atoms with E-state index in [0.717, 1.165) is 25.2 Å². The monoisotopic (exact) mass is 674 g/mol. The predicted molar refractivity (Wildman–Crippen MR) is 144 cm³/mol. The number of carbonyl (C=O) groups excluding carboxylic acids is 3. The van der Waals surface area contributed by atoms with E-state index >= 15 is 4.39 Å². The Hall–Kier alpha value is -3.78. The number of halogens is 1. The van der Waals surface area contributed by atoms with Gasteiger partial charge in [0.05, 0.1) is 0 Å². The highest BCUT2D eigenvalue weighted by atomic mass is 19.1. The Balaban J connectivity index is 1.57. The molecule has 0 radical (unpaired) electrons. The summed E-state index contributed by atoms with van der Waals surface area (Å²) in [6.07, 6.45) is -0.642. The summed E-state index contributed by atoms with van der Waals surface area (Å²) in [5.41, 5.74) is -0.139. The fraction of sp³-hybridized carbons (Fsp3) is 0.423. The third kappa shape index (κ3) is 5.83. The molecular weight excluding hydrogens is 643 g/mol. The molecule has 0 aromatic heterocycles. The molecule has 1 fully saturated rings. The van der Waals surface area contributed by atoms with Gasteiger partial charge in [-0.05, 0) is 23.8 Å². The first kappa shape index (κ1) is 36.1. The van der Waals surface area contributed by atoms with E-state index in [2.05, 4.69) is 10.1 Å². The molecule has 0 aliphatic carbocycles. The minimum absolute atomic E-state index is 0.0747. The van der Waals surface area contributed by atoms with Gasteiger partial charge in [0.2, 0.25) is 5.91 Å². The van der Waals surface area contributed by atoms with Gasteiger partial charge in [-0.25, -0.2) is 4.39 Å². The van der Waals surface area contributed by atoms with Crippen molar-refractivity contribution in [3.05, 3.63) is 64.5 Å². The number of hydrogen-bond donors (Lipinski definition) is 14. The van der Waals surface area contributed by atoms with E-state index in [9.17, 15) is 75.7 Å². The average Bonchev–Trinajstić information content (AvgIpc) is 3.29. The summed E-state index contributed by atoms with van der Waals surface area (Å²) < 4.78 is 18.9. The highest BCUT2D eigenvalue weighted by Crippen LogP contribution is 2.42. The first-order valence-electron chi connectivity index (χ1n) is 13.2. The first-order chi connectivity index (χ1) is 21.5. The van der Waals surface area contributed by atoms with E-state index in [-0.39, 0.29) is 34.5 Å². The van der Waals surface area contributed by atoms with Gasteiger partial charge < -0.3 is 76.8 Å². The summed E-state index contributed by atoms with van der Waals surface area (Å²) >= 11 is 0. The van der Waals surface area contributed by atoms with Crippen molar-refractivity contribution < 1.29 is 84.8 Å². The molecule has 258 valence electrons. The molecule has 14 N–H and O–H groups in total. The van der Waals surface area contributed by atoms with Crippen LogP contribution in [0.25, 0.3) is 0 Å². The number of hydrogen-bond acceptors (Lipinski definition) is 18. The second kappa shape index (κ2) is 11.7. The molecule has 21 heteroatoms. The topological polar surface area (TPSA) is 334 Å². The standard InChI is InChI=1S/C26H31FN4O16/c1-28-19(33)18(22(37,38)21(35,36)11-32)30-10-15-14(20(30)34)3-2-4-17(15)29-8-13-6-5-12(7-16(13)27)9-31-23(39,40)25(43,44)47-26(45,46)24(31,41)42/h2-7,11,18,29,35-46H,8-10H2,1H3,(H,28,33). The van der Waals surface area contributed by atoms with Crippen molar-refractivity contribution in [2.45, 2.75) is 61.0 Å². The molecule has 1 saturated heterocycles. The molecule has 2 aromatic rings. The van der Waals surface area contributed by atoms with Crippen molar-refractivity contribution in [1.82, 2.24) is 15.1 Å². The van der Waals surface area contributed by atoms with Gasteiger partial charge in [0.15, 0.2) is 12.3 Å². The van der Waals surface area contributed by atoms with Crippen LogP contribution in [-0.2, 0) is 34.0 Å². The number of aliphatic hydroxyl groups is 12. The van der Waals surface area contributed by atoms with Crippen molar-refractivity contribution >= 4 is 23.8 Å².